The Kier molecular flexibility index (Phi) is 7.48. The molecule has 3 heteroatoms. The van der Waals surface area contributed by atoms with Crippen molar-refractivity contribution in [3.8, 4) is 5.75 Å². The minimum Gasteiger partial charge on any atom is -0.507 e. The minimum atomic E-state index is -0.664. The summed E-state index contributed by atoms with van der Waals surface area (Å²) in [4.78, 5) is 0. The Labute approximate surface area is 195 Å². The summed E-state index contributed by atoms with van der Waals surface area (Å²) in [7, 11) is 0.432. The number of aliphatic hydroxyl groups excluding tert-OH is 1. The van der Waals surface area contributed by atoms with Crippen LogP contribution >= 0.6 is 8.58 Å². The second-order valence-corrected chi connectivity index (χ2v) is 11.5. The SMILES string of the molecule is CCC(CC)(Pc1ccccc1C(O)c1ccccc1)c1cc(C)cc(C(C)(C)C)c1O. The highest BCUT2D eigenvalue weighted by Gasteiger charge is 2.35. The highest BCUT2D eigenvalue weighted by atomic mass is 31.1. The number of hydrogen-bond donors (Lipinski definition) is 2. The molecule has 3 aromatic rings. The average molecular weight is 449 g/mol. The van der Waals surface area contributed by atoms with Crippen LogP contribution in [0.2, 0.25) is 0 Å². The van der Waals surface area contributed by atoms with Crippen LogP contribution in [0.25, 0.3) is 0 Å². The normalized spacial score (nSPS) is 13.6. The van der Waals surface area contributed by atoms with E-state index in [-0.39, 0.29) is 10.6 Å². The highest BCUT2D eigenvalue weighted by molar-refractivity contribution is 7.48. The molecule has 0 aliphatic carbocycles. The third-order valence-corrected chi connectivity index (χ3v) is 8.71. The summed E-state index contributed by atoms with van der Waals surface area (Å²) in [6, 6.07) is 22.3. The fourth-order valence-electron chi connectivity index (χ4n) is 4.51. The van der Waals surface area contributed by atoms with Crippen LogP contribution < -0.4 is 5.30 Å². The smallest absolute Gasteiger partial charge is 0.123 e. The standard InChI is InChI=1S/C29H37O2P/c1-7-29(8-2,24-19-20(3)18-23(27(24)31)28(4,5)6)32-25-17-13-12-16-22(25)26(30)21-14-10-9-11-15-21/h9-19,26,30-32H,7-8H2,1-6H3. The zero-order chi connectivity index (χ0) is 23.5. The lowest BCUT2D eigenvalue weighted by Gasteiger charge is -2.36. The highest BCUT2D eigenvalue weighted by Crippen LogP contribution is 2.52. The first kappa shape index (κ1) is 24.5. The van der Waals surface area contributed by atoms with Crippen molar-refractivity contribution in [2.75, 3.05) is 0 Å². The van der Waals surface area contributed by atoms with Gasteiger partial charge in [-0.05, 0) is 47.2 Å². The molecule has 2 nitrogen and oxygen atoms in total. The summed E-state index contributed by atoms with van der Waals surface area (Å²) in [6.45, 7) is 13.0. The van der Waals surface area contributed by atoms with E-state index < -0.39 is 6.10 Å². The van der Waals surface area contributed by atoms with Gasteiger partial charge in [0, 0.05) is 10.7 Å². The monoisotopic (exact) mass is 448 g/mol. The zero-order valence-corrected chi connectivity index (χ0v) is 21.2. The van der Waals surface area contributed by atoms with Gasteiger partial charge in [0.25, 0.3) is 0 Å². The van der Waals surface area contributed by atoms with Gasteiger partial charge in [-0.25, -0.2) is 0 Å². The molecule has 0 bridgehead atoms. The van der Waals surface area contributed by atoms with Crippen LogP contribution in [0, 0.1) is 6.92 Å². The Bertz CT molecular complexity index is 1050. The van der Waals surface area contributed by atoms with E-state index in [1.165, 1.54) is 5.56 Å². The van der Waals surface area contributed by atoms with Crippen LogP contribution in [0.15, 0.2) is 66.7 Å². The Morgan fingerprint density at radius 3 is 2.00 bits per heavy atom. The molecule has 0 fully saturated rings. The maximum atomic E-state index is 11.4. The molecule has 3 aromatic carbocycles. The maximum Gasteiger partial charge on any atom is 0.123 e. The van der Waals surface area contributed by atoms with Crippen molar-refractivity contribution >= 4 is 13.9 Å². The lowest BCUT2D eigenvalue weighted by atomic mass is 9.81. The summed E-state index contributed by atoms with van der Waals surface area (Å²) >= 11 is 0. The van der Waals surface area contributed by atoms with Crippen molar-refractivity contribution in [2.45, 2.75) is 71.1 Å². The lowest BCUT2D eigenvalue weighted by molar-refractivity contribution is 0.221. The summed E-state index contributed by atoms with van der Waals surface area (Å²) in [5.74, 6) is 0.431. The molecule has 0 radical (unpaired) electrons. The molecule has 2 N–H and O–H groups in total. The minimum absolute atomic E-state index is 0.136. The van der Waals surface area contributed by atoms with Gasteiger partial charge < -0.3 is 10.2 Å². The number of aliphatic hydroxyl groups is 1. The van der Waals surface area contributed by atoms with E-state index in [1.807, 2.05) is 42.5 Å². The number of phenols is 1. The predicted molar refractivity (Wildman–Crippen MR) is 139 cm³/mol. The quantitative estimate of drug-likeness (QED) is 0.379. The maximum absolute atomic E-state index is 11.4. The van der Waals surface area contributed by atoms with Crippen LogP contribution in [0.4, 0.5) is 0 Å². The summed E-state index contributed by atoms with van der Waals surface area (Å²) < 4.78 is 0. The molecular weight excluding hydrogens is 411 g/mol. The summed E-state index contributed by atoms with van der Waals surface area (Å²) in [5.41, 5.74) is 4.93. The molecular formula is C29H37O2P. The van der Waals surface area contributed by atoms with E-state index in [1.54, 1.807) is 0 Å². The average Bonchev–Trinajstić information content (AvgIpc) is 2.78. The molecule has 0 saturated carbocycles. The van der Waals surface area contributed by atoms with Gasteiger partial charge >= 0.3 is 0 Å². The summed E-state index contributed by atoms with van der Waals surface area (Å²) in [5, 5.41) is 23.6. The van der Waals surface area contributed by atoms with Crippen LogP contribution in [-0.2, 0) is 10.6 Å². The predicted octanol–water partition coefficient (Wildman–Crippen LogP) is 7.10. The molecule has 0 heterocycles. The second-order valence-electron chi connectivity index (χ2n) is 9.77. The van der Waals surface area contributed by atoms with E-state index in [2.05, 4.69) is 65.8 Å². The van der Waals surface area contributed by atoms with Crippen molar-refractivity contribution in [3.05, 3.63) is 94.5 Å². The van der Waals surface area contributed by atoms with Gasteiger partial charge in [-0.15, -0.1) is 0 Å². The number of benzene rings is 3. The topological polar surface area (TPSA) is 40.5 Å². The molecule has 0 amide bonds. The molecule has 2 unspecified atom stereocenters. The number of rotatable bonds is 7. The van der Waals surface area contributed by atoms with Crippen LogP contribution in [0.1, 0.15) is 81.4 Å². The number of hydrogen-bond acceptors (Lipinski definition) is 2. The van der Waals surface area contributed by atoms with Crippen molar-refractivity contribution in [2.24, 2.45) is 0 Å². The van der Waals surface area contributed by atoms with Crippen LogP contribution in [-0.4, -0.2) is 10.2 Å². The van der Waals surface area contributed by atoms with E-state index in [4.69, 9.17) is 0 Å². The first-order chi connectivity index (χ1) is 15.1. The van der Waals surface area contributed by atoms with E-state index in [0.29, 0.717) is 14.3 Å². The molecule has 32 heavy (non-hydrogen) atoms. The van der Waals surface area contributed by atoms with Crippen LogP contribution in [0.5, 0.6) is 5.75 Å². The first-order valence-corrected chi connectivity index (χ1v) is 12.6. The van der Waals surface area contributed by atoms with Crippen LogP contribution in [0.3, 0.4) is 0 Å². The summed E-state index contributed by atoms with van der Waals surface area (Å²) in [6.07, 6.45) is 1.17. The van der Waals surface area contributed by atoms with E-state index in [0.717, 1.165) is 40.4 Å². The van der Waals surface area contributed by atoms with Gasteiger partial charge in [-0.2, -0.15) is 0 Å². The van der Waals surface area contributed by atoms with Gasteiger partial charge in [-0.3, -0.25) is 0 Å². The Morgan fingerprint density at radius 2 is 1.41 bits per heavy atom. The van der Waals surface area contributed by atoms with E-state index in [9.17, 15) is 10.2 Å². The molecule has 0 spiro atoms. The van der Waals surface area contributed by atoms with Crippen molar-refractivity contribution < 1.29 is 10.2 Å². The molecule has 170 valence electrons. The number of aromatic hydroxyl groups is 1. The second kappa shape index (κ2) is 9.77. The Hall–Kier alpha value is -2.15. The van der Waals surface area contributed by atoms with E-state index >= 15 is 0 Å². The number of aryl methyl sites for hydroxylation is 1. The van der Waals surface area contributed by atoms with Gasteiger partial charge in [-0.1, -0.05) is 115 Å². The first-order valence-electron chi connectivity index (χ1n) is 11.6. The fourth-order valence-corrected chi connectivity index (χ4v) is 6.25. The Balaban J connectivity index is 2.12. The van der Waals surface area contributed by atoms with Gasteiger partial charge in [0.2, 0.25) is 0 Å². The van der Waals surface area contributed by atoms with Gasteiger partial charge in [0.15, 0.2) is 0 Å². The molecule has 0 aliphatic rings. The Morgan fingerprint density at radius 1 is 0.844 bits per heavy atom. The zero-order valence-electron chi connectivity index (χ0n) is 20.2. The molecule has 2 atom stereocenters. The third kappa shape index (κ3) is 4.92. The molecule has 0 aliphatic heterocycles. The van der Waals surface area contributed by atoms with Gasteiger partial charge in [0.1, 0.15) is 11.9 Å². The molecule has 3 rings (SSSR count). The van der Waals surface area contributed by atoms with Crippen molar-refractivity contribution in [1.82, 2.24) is 0 Å². The van der Waals surface area contributed by atoms with Crippen molar-refractivity contribution in [1.29, 1.82) is 0 Å². The van der Waals surface area contributed by atoms with Crippen molar-refractivity contribution in [3.63, 3.8) is 0 Å². The third-order valence-electron chi connectivity index (χ3n) is 6.53. The lowest BCUT2D eigenvalue weighted by Crippen LogP contribution is -2.25. The number of phenolic OH excluding ortho intramolecular Hbond substituents is 1. The molecule has 0 saturated heterocycles. The molecule has 0 aromatic heterocycles. The fraction of sp³-hybridized carbons (Fsp3) is 0.379. The van der Waals surface area contributed by atoms with Gasteiger partial charge in [0.05, 0.1) is 0 Å². The largest absolute Gasteiger partial charge is 0.507 e.